The molecule has 0 saturated heterocycles. The van der Waals surface area contributed by atoms with Crippen LogP contribution in [0.5, 0.6) is 0 Å². The fourth-order valence-electron chi connectivity index (χ4n) is 3.69. The highest BCUT2D eigenvalue weighted by Gasteiger charge is 2.28. The fourth-order valence-corrected chi connectivity index (χ4v) is 3.69. The highest BCUT2D eigenvalue weighted by Crippen LogP contribution is 2.34. The van der Waals surface area contributed by atoms with Crippen LogP contribution in [0.3, 0.4) is 0 Å². The van der Waals surface area contributed by atoms with E-state index < -0.39 is 5.69 Å². The van der Waals surface area contributed by atoms with Crippen molar-refractivity contribution in [1.82, 2.24) is 19.4 Å². The Morgan fingerprint density at radius 2 is 2.04 bits per heavy atom. The van der Waals surface area contributed by atoms with E-state index in [1.807, 2.05) is 6.20 Å². The number of amides is 1. The zero-order valence-electron chi connectivity index (χ0n) is 15.7. The van der Waals surface area contributed by atoms with E-state index in [0.717, 1.165) is 29.7 Å². The average Bonchev–Trinajstić information content (AvgIpc) is 3.44. The zero-order chi connectivity index (χ0) is 19.1. The van der Waals surface area contributed by atoms with Gasteiger partial charge in [0.05, 0.1) is 0 Å². The molecule has 0 radical (unpaired) electrons. The summed E-state index contributed by atoms with van der Waals surface area (Å²) in [6, 6.07) is 3.70. The standard InChI is InChI=1S/C20H24N4O3/c1-12(2)7-15-9-17(22-20(27)21-15)19(26)23-6-5-13-8-18(25)24(16-3-4-16)11-14(13)10-23/h8-9,11-12,16H,3-7,10H2,1-2H3,(H,21,22,27). The lowest BCUT2D eigenvalue weighted by molar-refractivity contribution is 0.0727. The molecule has 1 aliphatic heterocycles. The molecule has 0 unspecified atom stereocenters. The Hall–Kier alpha value is -2.70. The van der Waals surface area contributed by atoms with Gasteiger partial charge in [0, 0.05) is 37.1 Å². The van der Waals surface area contributed by atoms with E-state index in [2.05, 4.69) is 23.8 Å². The number of nitrogens with one attached hydrogen (secondary N) is 1. The molecule has 0 spiro atoms. The van der Waals surface area contributed by atoms with E-state index in [4.69, 9.17) is 0 Å². The first kappa shape index (κ1) is 17.7. The van der Waals surface area contributed by atoms with Crippen LogP contribution in [-0.4, -0.2) is 31.9 Å². The summed E-state index contributed by atoms with van der Waals surface area (Å²) in [6.07, 6.45) is 5.32. The maximum absolute atomic E-state index is 12.9. The highest BCUT2D eigenvalue weighted by atomic mass is 16.2. The first-order valence-electron chi connectivity index (χ1n) is 9.54. The number of carbonyl (C=O) groups is 1. The molecule has 2 aromatic rings. The predicted octanol–water partition coefficient (Wildman–Crippen LogP) is 1.66. The van der Waals surface area contributed by atoms with Crippen molar-refractivity contribution in [2.75, 3.05) is 6.54 Å². The Morgan fingerprint density at radius 3 is 2.74 bits per heavy atom. The molecule has 4 rings (SSSR count). The van der Waals surface area contributed by atoms with Crippen molar-refractivity contribution in [2.45, 2.75) is 52.1 Å². The van der Waals surface area contributed by atoms with Gasteiger partial charge in [-0.1, -0.05) is 13.8 Å². The van der Waals surface area contributed by atoms with Crippen molar-refractivity contribution >= 4 is 5.91 Å². The van der Waals surface area contributed by atoms with Gasteiger partial charge in [-0.15, -0.1) is 0 Å². The molecule has 3 heterocycles. The summed E-state index contributed by atoms with van der Waals surface area (Å²) in [4.78, 5) is 45.3. The van der Waals surface area contributed by atoms with Gasteiger partial charge in [-0.3, -0.25) is 9.59 Å². The Kier molecular flexibility index (Phi) is 4.45. The first-order valence-corrected chi connectivity index (χ1v) is 9.54. The molecule has 1 fully saturated rings. The molecule has 1 amide bonds. The second-order valence-electron chi connectivity index (χ2n) is 7.97. The van der Waals surface area contributed by atoms with Gasteiger partial charge >= 0.3 is 5.69 Å². The number of fused-ring (bicyclic) bond motifs is 1. The van der Waals surface area contributed by atoms with Crippen LogP contribution in [0.1, 0.15) is 60.0 Å². The number of aromatic amines is 1. The molecule has 1 aliphatic carbocycles. The molecule has 1 N–H and O–H groups in total. The molecule has 2 aliphatic rings. The summed E-state index contributed by atoms with van der Waals surface area (Å²) in [5.41, 5.74) is 2.50. The van der Waals surface area contributed by atoms with Crippen LogP contribution in [-0.2, 0) is 19.4 Å². The number of rotatable bonds is 4. The quantitative estimate of drug-likeness (QED) is 0.889. The van der Waals surface area contributed by atoms with Crippen molar-refractivity contribution in [3.63, 3.8) is 0 Å². The summed E-state index contributed by atoms with van der Waals surface area (Å²) >= 11 is 0. The lowest BCUT2D eigenvalue weighted by Gasteiger charge is -2.29. The Balaban J connectivity index is 1.59. The summed E-state index contributed by atoms with van der Waals surface area (Å²) in [5.74, 6) is 0.132. The van der Waals surface area contributed by atoms with Gasteiger partial charge in [-0.05, 0) is 48.8 Å². The molecular weight excluding hydrogens is 344 g/mol. The van der Waals surface area contributed by atoms with Crippen molar-refractivity contribution in [3.8, 4) is 0 Å². The van der Waals surface area contributed by atoms with Crippen LogP contribution < -0.4 is 11.2 Å². The fraction of sp³-hybridized carbons (Fsp3) is 0.500. The van der Waals surface area contributed by atoms with E-state index in [1.54, 1.807) is 21.6 Å². The normalized spacial score (nSPS) is 16.5. The smallest absolute Gasteiger partial charge is 0.333 e. The molecule has 7 heteroatoms. The largest absolute Gasteiger partial charge is 0.345 e. The van der Waals surface area contributed by atoms with Crippen molar-refractivity contribution in [1.29, 1.82) is 0 Å². The predicted molar refractivity (Wildman–Crippen MR) is 101 cm³/mol. The average molecular weight is 368 g/mol. The van der Waals surface area contributed by atoms with Crippen molar-refractivity contribution in [2.24, 2.45) is 5.92 Å². The van der Waals surface area contributed by atoms with Crippen molar-refractivity contribution in [3.05, 3.63) is 61.7 Å². The van der Waals surface area contributed by atoms with Crippen molar-refractivity contribution < 1.29 is 4.79 Å². The SMILES string of the molecule is CC(C)Cc1cc(C(=O)N2CCc3cc(=O)n(C4CC4)cc3C2)nc(=O)[nH]1. The number of carbonyl (C=O) groups excluding carboxylic acids is 1. The third-order valence-corrected chi connectivity index (χ3v) is 5.15. The van der Waals surface area contributed by atoms with Gasteiger partial charge in [0.25, 0.3) is 11.5 Å². The molecule has 2 aromatic heterocycles. The van der Waals surface area contributed by atoms with E-state index >= 15 is 0 Å². The molecular formula is C20H24N4O3. The van der Waals surface area contributed by atoms with Crippen LogP contribution >= 0.6 is 0 Å². The van der Waals surface area contributed by atoms with Gasteiger partial charge < -0.3 is 14.5 Å². The number of nitrogens with zero attached hydrogens (tertiary/aromatic N) is 3. The maximum atomic E-state index is 12.9. The van der Waals surface area contributed by atoms with Crippen LogP contribution in [0.4, 0.5) is 0 Å². The summed E-state index contributed by atoms with van der Waals surface area (Å²) in [7, 11) is 0. The third-order valence-electron chi connectivity index (χ3n) is 5.15. The molecule has 27 heavy (non-hydrogen) atoms. The van der Waals surface area contributed by atoms with E-state index in [9.17, 15) is 14.4 Å². The second kappa shape index (κ2) is 6.79. The lowest BCUT2D eigenvalue weighted by atomic mass is 10.0. The molecule has 7 nitrogen and oxygen atoms in total. The van der Waals surface area contributed by atoms with Crippen LogP contribution in [0.2, 0.25) is 0 Å². The summed E-state index contributed by atoms with van der Waals surface area (Å²) in [5, 5.41) is 0. The number of pyridine rings is 1. The molecule has 1 saturated carbocycles. The van der Waals surface area contributed by atoms with E-state index in [1.165, 1.54) is 0 Å². The monoisotopic (exact) mass is 368 g/mol. The number of H-pyrrole nitrogens is 1. The van der Waals surface area contributed by atoms with Crippen LogP contribution in [0, 0.1) is 5.92 Å². The summed E-state index contributed by atoms with van der Waals surface area (Å²) in [6.45, 7) is 5.07. The van der Waals surface area contributed by atoms with Gasteiger partial charge in [0.1, 0.15) is 5.69 Å². The van der Waals surface area contributed by atoms with Gasteiger partial charge in [-0.25, -0.2) is 4.79 Å². The molecule has 142 valence electrons. The summed E-state index contributed by atoms with van der Waals surface area (Å²) < 4.78 is 1.79. The minimum absolute atomic E-state index is 0.0469. The minimum atomic E-state index is -0.489. The number of hydrogen-bond donors (Lipinski definition) is 1. The topological polar surface area (TPSA) is 88.1 Å². The molecule has 0 bridgehead atoms. The Bertz CT molecular complexity index is 1000. The molecule has 0 aromatic carbocycles. The second-order valence-corrected chi connectivity index (χ2v) is 7.97. The first-order chi connectivity index (χ1) is 12.9. The van der Waals surface area contributed by atoms with Gasteiger partial charge in [-0.2, -0.15) is 4.98 Å². The maximum Gasteiger partial charge on any atom is 0.345 e. The third kappa shape index (κ3) is 3.72. The zero-order valence-corrected chi connectivity index (χ0v) is 15.7. The number of hydrogen-bond acceptors (Lipinski definition) is 4. The van der Waals surface area contributed by atoms with Gasteiger partial charge in [0.2, 0.25) is 0 Å². The Labute approximate surface area is 157 Å². The van der Waals surface area contributed by atoms with Gasteiger partial charge in [0.15, 0.2) is 0 Å². The molecule has 0 atom stereocenters. The number of aromatic nitrogens is 3. The van der Waals surface area contributed by atoms with E-state index in [0.29, 0.717) is 37.9 Å². The Morgan fingerprint density at radius 1 is 1.26 bits per heavy atom. The minimum Gasteiger partial charge on any atom is -0.333 e. The highest BCUT2D eigenvalue weighted by molar-refractivity contribution is 5.92. The van der Waals surface area contributed by atoms with Crippen LogP contribution in [0.15, 0.2) is 27.9 Å². The van der Waals surface area contributed by atoms with E-state index in [-0.39, 0.29) is 17.2 Å². The lowest BCUT2D eigenvalue weighted by Crippen LogP contribution is -2.38. The van der Waals surface area contributed by atoms with Crippen LogP contribution in [0.25, 0.3) is 0 Å².